The number of hydrogen-bond donors (Lipinski definition) is 2. The lowest BCUT2D eigenvalue weighted by molar-refractivity contribution is 0.101. The van der Waals surface area contributed by atoms with E-state index in [0.717, 1.165) is 28.6 Å². The molecule has 118 valence electrons. The summed E-state index contributed by atoms with van der Waals surface area (Å²) < 4.78 is 0. The lowest BCUT2D eigenvalue weighted by atomic mass is 9.94. The van der Waals surface area contributed by atoms with Gasteiger partial charge in [0.05, 0.1) is 5.52 Å². The maximum absolute atomic E-state index is 11.4. The van der Waals surface area contributed by atoms with E-state index in [9.17, 15) is 4.79 Å². The minimum Gasteiger partial charge on any atom is -0.360 e. The van der Waals surface area contributed by atoms with Crippen molar-refractivity contribution in [1.29, 1.82) is 0 Å². The molecule has 0 radical (unpaired) electrons. The summed E-state index contributed by atoms with van der Waals surface area (Å²) in [6.07, 6.45) is 2.87. The van der Waals surface area contributed by atoms with Crippen molar-refractivity contribution < 1.29 is 4.79 Å². The van der Waals surface area contributed by atoms with E-state index in [2.05, 4.69) is 23.2 Å². The van der Waals surface area contributed by atoms with Crippen LogP contribution >= 0.6 is 0 Å². The third-order valence-electron chi connectivity index (χ3n) is 4.05. The maximum Gasteiger partial charge on any atom is 0.159 e. The zero-order chi connectivity index (χ0) is 16.6. The SMILES string of the molecule is CC(=O)c1ccc(-c2cccc3c(CC(C)(C)N)c[nH]c23)cc1. The molecule has 3 N–H and O–H groups in total. The zero-order valence-corrected chi connectivity index (χ0v) is 13.8. The average Bonchev–Trinajstić information content (AvgIpc) is 2.88. The smallest absolute Gasteiger partial charge is 0.159 e. The number of benzene rings is 2. The van der Waals surface area contributed by atoms with E-state index < -0.39 is 0 Å². The molecule has 3 aromatic rings. The molecule has 3 rings (SSSR count). The fraction of sp³-hybridized carbons (Fsp3) is 0.250. The van der Waals surface area contributed by atoms with E-state index in [1.54, 1.807) is 6.92 Å². The highest BCUT2D eigenvalue weighted by molar-refractivity contribution is 5.98. The number of nitrogens with one attached hydrogen (secondary N) is 1. The molecule has 0 bridgehead atoms. The van der Waals surface area contributed by atoms with Crippen LogP contribution in [-0.2, 0) is 6.42 Å². The fourth-order valence-electron chi connectivity index (χ4n) is 2.97. The van der Waals surface area contributed by atoms with Gasteiger partial charge in [-0.05, 0) is 38.3 Å². The summed E-state index contributed by atoms with van der Waals surface area (Å²) in [4.78, 5) is 14.8. The number of ketones is 1. The molecule has 0 aliphatic rings. The number of nitrogens with two attached hydrogens (primary N) is 1. The predicted octanol–water partition coefficient (Wildman–Crippen LogP) is 4.32. The van der Waals surface area contributed by atoms with E-state index in [4.69, 9.17) is 5.73 Å². The third-order valence-corrected chi connectivity index (χ3v) is 4.05. The van der Waals surface area contributed by atoms with E-state index in [-0.39, 0.29) is 11.3 Å². The largest absolute Gasteiger partial charge is 0.360 e. The van der Waals surface area contributed by atoms with E-state index in [1.807, 2.05) is 44.3 Å². The second kappa shape index (κ2) is 5.67. The number of aromatic amines is 1. The van der Waals surface area contributed by atoms with Crippen LogP contribution in [0, 0.1) is 0 Å². The molecule has 2 aromatic carbocycles. The van der Waals surface area contributed by atoms with Crippen LogP contribution in [0.2, 0.25) is 0 Å². The standard InChI is InChI=1S/C20H22N2O/c1-13(23)14-7-9-15(10-8-14)17-5-4-6-18-16(11-20(2,3)21)12-22-19(17)18/h4-10,12,22H,11,21H2,1-3H3. The summed E-state index contributed by atoms with van der Waals surface area (Å²) in [5.74, 6) is 0.0853. The molecule has 0 unspecified atom stereocenters. The van der Waals surface area contributed by atoms with Gasteiger partial charge >= 0.3 is 0 Å². The Morgan fingerprint density at radius 2 is 1.83 bits per heavy atom. The van der Waals surface area contributed by atoms with Crippen molar-refractivity contribution in [3.05, 3.63) is 59.8 Å². The van der Waals surface area contributed by atoms with Gasteiger partial charge in [0.15, 0.2) is 5.78 Å². The van der Waals surface area contributed by atoms with Gasteiger partial charge in [-0.3, -0.25) is 4.79 Å². The van der Waals surface area contributed by atoms with E-state index in [0.29, 0.717) is 0 Å². The van der Waals surface area contributed by atoms with Crippen LogP contribution in [0.5, 0.6) is 0 Å². The van der Waals surface area contributed by atoms with Gasteiger partial charge in [0, 0.05) is 28.2 Å². The first-order valence-electron chi connectivity index (χ1n) is 7.84. The molecule has 1 heterocycles. The molecule has 0 spiro atoms. The van der Waals surface area contributed by atoms with Gasteiger partial charge in [-0.2, -0.15) is 0 Å². The Balaban J connectivity index is 2.06. The minimum atomic E-state index is -0.242. The molecule has 0 aliphatic heterocycles. The summed E-state index contributed by atoms with van der Waals surface area (Å²) in [6.45, 7) is 5.66. The van der Waals surface area contributed by atoms with Crippen molar-refractivity contribution >= 4 is 16.7 Å². The Labute approximate surface area is 136 Å². The highest BCUT2D eigenvalue weighted by Gasteiger charge is 2.16. The fourth-order valence-corrected chi connectivity index (χ4v) is 2.97. The quantitative estimate of drug-likeness (QED) is 0.705. The first-order valence-corrected chi connectivity index (χ1v) is 7.84. The molecular formula is C20H22N2O. The van der Waals surface area contributed by atoms with Gasteiger partial charge in [0.25, 0.3) is 0 Å². The van der Waals surface area contributed by atoms with Crippen LogP contribution in [0.1, 0.15) is 36.7 Å². The van der Waals surface area contributed by atoms with Gasteiger partial charge in [-0.1, -0.05) is 42.5 Å². The first-order chi connectivity index (χ1) is 10.8. The molecule has 0 saturated heterocycles. The number of hydrogen-bond acceptors (Lipinski definition) is 2. The molecule has 0 amide bonds. The molecule has 1 aromatic heterocycles. The lowest BCUT2D eigenvalue weighted by Crippen LogP contribution is -2.34. The number of carbonyl (C=O) groups is 1. The topological polar surface area (TPSA) is 58.9 Å². The van der Waals surface area contributed by atoms with Crippen LogP contribution in [0.4, 0.5) is 0 Å². The van der Waals surface area contributed by atoms with Gasteiger partial charge in [0.1, 0.15) is 0 Å². The number of carbonyl (C=O) groups excluding carboxylic acids is 1. The summed E-state index contributed by atoms with van der Waals surface area (Å²) in [6, 6.07) is 14.0. The molecule has 0 saturated carbocycles. The number of para-hydroxylation sites is 1. The van der Waals surface area contributed by atoms with Gasteiger partial charge in [0.2, 0.25) is 0 Å². The average molecular weight is 306 g/mol. The Kier molecular flexibility index (Phi) is 3.82. The number of H-pyrrole nitrogens is 1. The minimum absolute atomic E-state index is 0.0853. The molecule has 0 atom stereocenters. The van der Waals surface area contributed by atoms with Crippen molar-refractivity contribution in [2.45, 2.75) is 32.7 Å². The summed E-state index contributed by atoms with van der Waals surface area (Å²) in [5.41, 5.74) is 11.2. The molecule has 0 aliphatic carbocycles. The zero-order valence-electron chi connectivity index (χ0n) is 13.8. The first kappa shape index (κ1) is 15.5. The number of rotatable bonds is 4. The van der Waals surface area contributed by atoms with Crippen LogP contribution in [0.15, 0.2) is 48.7 Å². The highest BCUT2D eigenvalue weighted by Crippen LogP contribution is 2.31. The van der Waals surface area contributed by atoms with Gasteiger partial charge in [-0.25, -0.2) is 0 Å². The number of fused-ring (bicyclic) bond motifs is 1. The Bertz CT molecular complexity index is 851. The molecule has 3 nitrogen and oxygen atoms in total. The van der Waals surface area contributed by atoms with E-state index >= 15 is 0 Å². The Morgan fingerprint density at radius 3 is 2.43 bits per heavy atom. The molecule has 3 heteroatoms. The van der Waals surface area contributed by atoms with Crippen molar-refractivity contribution in [1.82, 2.24) is 4.98 Å². The second-order valence-corrected chi connectivity index (χ2v) is 6.84. The predicted molar refractivity (Wildman–Crippen MR) is 95.7 cm³/mol. The second-order valence-electron chi connectivity index (χ2n) is 6.84. The van der Waals surface area contributed by atoms with Crippen molar-refractivity contribution in [3.8, 4) is 11.1 Å². The summed E-state index contributed by atoms with van der Waals surface area (Å²) in [5, 5.41) is 1.21. The van der Waals surface area contributed by atoms with Gasteiger partial charge in [-0.15, -0.1) is 0 Å². The normalized spacial score (nSPS) is 11.8. The maximum atomic E-state index is 11.4. The monoisotopic (exact) mass is 306 g/mol. The van der Waals surface area contributed by atoms with Crippen LogP contribution < -0.4 is 5.73 Å². The third kappa shape index (κ3) is 3.20. The van der Waals surface area contributed by atoms with E-state index in [1.165, 1.54) is 10.9 Å². The van der Waals surface area contributed by atoms with Gasteiger partial charge < -0.3 is 10.7 Å². The molecule has 23 heavy (non-hydrogen) atoms. The van der Waals surface area contributed by atoms with Crippen molar-refractivity contribution in [2.75, 3.05) is 0 Å². The Morgan fingerprint density at radius 1 is 1.13 bits per heavy atom. The summed E-state index contributed by atoms with van der Waals surface area (Å²) >= 11 is 0. The number of Topliss-reactive ketones (excluding diaryl/α,β-unsaturated/α-hetero) is 1. The number of aromatic nitrogens is 1. The van der Waals surface area contributed by atoms with Crippen molar-refractivity contribution in [2.24, 2.45) is 5.73 Å². The van der Waals surface area contributed by atoms with Crippen LogP contribution in [-0.4, -0.2) is 16.3 Å². The van der Waals surface area contributed by atoms with Crippen LogP contribution in [0.3, 0.4) is 0 Å². The van der Waals surface area contributed by atoms with Crippen LogP contribution in [0.25, 0.3) is 22.0 Å². The molecular weight excluding hydrogens is 284 g/mol. The molecule has 0 fully saturated rings. The highest BCUT2D eigenvalue weighted by atomic mass is 16.1. The van der Waals surface area contributed by atoms with Crippen molar-refractivity contribution in [3.63, 3.8) is 0 Å². The summed E-state index contributed by atoms with van der Waals surface area (Å²) in [7, 11) is 0. The Hall–Kier alpha value is -2.39. The lowest BCUT2D eigenvalue weighted by Gasteiger charge is -2.17.